The molecular weight excluding hydrogens is 307 g/mol. The number of aliphatic carboxylic acids is 1. The maximum Gasteiger partial charge on any atom is 0.422 e. The lowest BCUT2D eigenvalue weighted by Gasteiger charge is -2.14. The van der Waals surface area contributed by atoms with Gasteiger partial charge in [0.25, 0.3) is 5.91 Å². The molecule has 0 aliphatic carbocycles. The molecule has 0 fully saturated rings. The Bertz CT molecular complexity index is 515. The van der Waals surface area contributed by atoms with Crippen molar-refractivity contribution in [1.29, 1.82) is 0 Å². The number of carboxylic acids is 1. The molecule has 0 aliphatic rings. The maximum absolute atomic E-state index is 12.0. The molecule has 0 radical (unpaired) electrons. The van der Waals surface area contributed by atoms with Gasteiger partial charge in [-0.25, -0.2) is 4.79 Å². The van der Waals surface area contributed by atoms with Crippen LogP contribution in [0, 0.1) is 0 Å². The molecule has 0 saturated heterocycles. The van der Waals surface area contributed by atoms with E-state index in [2.05, 4.69) is 14.8 Å². The van der Waals surface area contributed by atoms with Crippen LogP contribution < -0.4 is 10.1 Å². The second kappa shape index (κ2) is 7.64. The quantitative estimate of drug-likeness (QED) is 0.794. The number of carbonyl (C=O) groups is 2. The summed E-state index contributed by atoms with van der Waals surface area (Å²) < 4.78 is 45.1. The number of methoxy groups -OCH3 is 1. The molecule has 0 aromatic heterocycles. The second-order valence-electron chi connectivity index (χ2n) is 4.25. The van der Waals surface area contributed by atoms with Crippen LogP contribution in [0.15, 0.2) is 24.3 Å². The summed E-state index contributed by atoms with van der Waals surface area (Å²) in [4.78, 5) is 22.7. The van der Waals surface area contributed by atoms with E-state index in [1.165, 1.54) is 31.4 Å². The van der Waals surface area contributed by atoms with E-state index in [9.17, 15) is 22.8 Å². The molecule has 0 bridgehead atoms. The van der Waals surface area contributed by atoms with E-state index in [4.69, 9.17) is 5.11 Å². The van der Waals surface area contributed by atoms with Crippen LogP contribution in [0.2, 0.25) is 0 Å². The van der Waals surface area contributed by atoms with Crippen LogP contribution in [0.5, 0.6) is 5.75 Å². The molecule has 0 aliphatic heterocycles. The van der Waals surface area contributed by atoms with Crippen LogP contribution in [0.1, 0.15) is 10.4 Å². The number of ether oxygens (including phenoxy) is 2. The summed E-state index contributed by atoms with van der Waals surface area (Å²) in [6, 6.07) is 3.61. The molecule has 122 valence electrons. The Morgan fingerprint density at radius 3 is 2.32 bits per heavy atom. The second-order valence-corrected chi connectivity index (χ2v) is 4.25. The number of nitrogens with one attached hydrogen (secondary N) is 1. The van der Waals surface area contributed by atoms with Crippen LogP contribution >= 0.6 is 0 Å². The van der Waals surface area contributed by atoms with E-state index in [0.717, 1.165) is 0 Å². The third-order valence-corrected chi connectivity index (χ3v) is 2.46. The molecule has 9 heteroatoms. The van der Waals surface area contributed by atoms with Crippen molar-refractivity contribution in [2.45, 2.75) is 12.2 Å². The highest BCUT2D eigenvalue weighted by atomic mass is 19.4. The van der Waals surface area contributed by atoms with Gasteiger partial charge in [-0.2, -0.15) is 13.2 Å². The Balaban J connectivity index is 2.65. The van der Waals surface area contributed by atoms with Gasteiger partial charge in [0, 0.05) is 12.7 Å². The fraction of sp³-hybridized carbons (Fsp3) is 0.385. The molecule has 2 N–H and O–H groups in total. The predicted octanol–water partition coefficient (Wildman–Crippen LogP) is 1.46. The van der Waals surface area contributed by atoms with Crippen molar-refractivity contribution in [2.75, 3.05) is 20.3 Å². The van der Waals surface area contributed by atoms with E-state index >= 15 is 0 Å². The maximum atomic E-state index is 12.0. The number of amides is 1. The van der Waals surface area contributed by atoms with Crippen molar-refractivity contribution < 1.29 is 37.3 Å². The lowest BCUT2D eigenvalue weighted by atomic mass is 10.2. The Morgan fingerprint density at radius 2 is 1.86 bits per heavy atom. The summed E-state index contributed by atoms with van der Waals surface area (Å²) in [7, 11) is 1.29. The highest BCUT2D eigenvalue weighted by Crippen LogP contribution is 2.18. The Morgan fingerprint density at radius 1 is 1.27 bits per heavy atom. The van der Waals surface area contributed by atoms with Gasteiger partial charge in [0.05, 0.1) is 6.61 Å². The van der Waals surface area contributed by atoms with Crippen LogP contribution in [-0.2, 0) is 9.53 Å². The van der Waals surface area contributed by atoms with Gasteiger partial charge in [0.15, 0.2) is 12.6 Å². The first-order valence-electron chi connectivity index (χ1n) is 6.05. The molecule has 1 aromatic rings. The minimum atomic E-state index is -4.45. The van der Waals surface area contributed by atoms with Crippen LogP contribution in [0.25, 0.3) is 0 Å². The van der Waals surface area contributed by atoms with Crippen LogP contribution in [-0.4, -0.2) is 49.5 Å². The normalized spacial score (nSPS) is 12.5. The average Bonchev–Trinajstić information content (AvgIpc) is 2.44. The molecule has 1 unspecified atom stereocenters. The van der Waals surface area contributed by atoms with Crippen molar-refractivity contribution in [1.82, 2.24) is 5.32 Å². The van der Waals surface area contributed by atoms with Gasteiger partial charge in [0.2, 0.25) is 0 Å². The molecule has 0 saturated carbocycles. The van der Waals surface area contributed by atoms with Crippen molar-refractivity contribution in [3.8, 4) is 5.75 Å². The number of hydrogen-bond acceptors (Lipinski definition) is 4. The van der Waals surface area contributed by atoms with Crippen molar-refractivity contribution >= 4 is 11.9 Å². The number of halogens is 3. The van der Waals surface area contributed by atoms with Gasteiger partial charge in [0.1, 0.15) is 5.75 Å². The Hall–Kier alpha value is -2.29. The number of carboxylic acid groups (broad SMARTS) is 1. The smallest absolute Gasteiger partial charge is 0.422 e. The largest absolute Gasteiger partial charge is 0.484 e. The minimum Gasteiger partial charge on any atom is -0.484 e. The van der Waals surface area contributed by atoms with E-state index in [1.807, 2.05) is 0 Å². The van der Waals surface area contributed by atoms with Gasteiger partial charge in [-0.05, 0) is 24.3 Å². The summed E-state index contributed by atoms with van der Waals surface area (Å²) in [6.45, 7) is -1.65. The number of rotatable bonds is 7. The highest BCUT2D eigenvalue weighted by molar-refractivity contribution is 5.96. The number of hydrogen-bond donors (Lipinski definition) is 2. The lowest BCUT2D eigenvalue weighted by Crippen LogP contribution is -2.43. The lowest BCUT2D eigenvalue weighted by molar-refractivity contribution is -0.153. The third-order valence-electron chi connectivity index (χ3n) is 2.46. The molecule has 0 spiro atoms. The number of alkyl halides is 3. The first-order valence-corrected chi connectivity index (χ1v) is 6.05. The topological polar surface area (TPSA) is 84.9 Å². The molecular formula is C13H14F3NO5. The van der Waals surface area contributed by atoms with Crippen molar-refractivity contribution in [2.24, 2.45) is 0 Å². The first kappa shape index (κ1) is 17.8. The fourth-order valence-electron chi connectivity index (χ4n) is 1.45. The zero-order chi connectivity index (χ0) is 16.8. The molecule has 0 heterocycles. The van der Waals surface area contributed by atoms with Crippen molar-refractivity contribution in [3.05, 3.63) is 29.8 Å². The monoisotopic (exact) mass is 321 g/mol. The predicted molar refractivity (Wildman–Crippen MR) is 68.8 cm³/mol. The molecule has 6 nitrogen and oxygen atoms in total. The van der Waals surface area contributed by atoms with Crippen molar-refractivity contribution in [3.63, 3.8) is 0 Å². The first-order chi connectivity index (χ1) is 10.2. The summed E-state index contributed by atoms with van der Waals surface area (Å²) in [5, 5.41) is 11.1. The van der Waals surface area contributed by atoms with E-state index in [-0.39, 0.29) is 17.9 Å². The van der Waals surface area contributed by atoms with E-state index in [0.29, 0.717) is 0 Å². The van der Waals surface area contributed by atoms with Gasteiger partial charge in [-0.1, -0.05) is 0 Å². The van der Waals surface area contributed by atoms with Crippen LogP contribution in [0.4, 0.5) is 13.2 Å². The zero-order valence-electron chi connectivity index (χ0n) is 11.5. The van der Waals surface area contributed by atoms with Gasteiger partial charge in [-0.3, -0.25) is 4.79 Å². The summed E-state index contributed by atoms with van der Waals surface area (Å²) in [6.07, 6.45) is -4.45. The average molecular weight is 321 g/mol. The Labute approximate surface area is 123 Å². The Kier molecular flexibility index (Phi) is 6.17. The highest BCUT2D eigenvalue weighted by Gasteiger charge is 2.28. The SMILES string of the molecule is COCC(NC(=O)c1ccc(OCC(F)(F)F)cc1)C(=O)O. The van der Waals surface area contributed by atoms with Gasteiger partial charge < -0.3 is 19.9 Å². The molecule has 22 heavy (non-hydrogen) atoms. The minimum absolute atomic E-state index is 0.0550. The standard InChI is InChI=1S/C13H14F3NO5/c1-21-6-10(12(19)20)17-11(18)8-2-4-9(5-3-8)22-7-13(14,15)16/h2-5,10H,6-7H2,1H3,(H,17,18)(H,19,20). The van der Waals surface area contributed by atoms with Gasteiger partial charge >= 0.3 is 12.1 Å². The summed E-state index contributed by atoms with van der Waals surface area (Å²) in [5.74, 6) is -2.01. The van der Waals surface area contributed by atoms with Gasteiger partial charge in [-0.15, -0.1) is 0 Å². The molecule has 1 atom stereocenters. The zero-order valence-corrected chi connectivity index (χ0v) is 11.5. The third kappa shape index (κ3) is 6.00. The molecule has 1 rings (SSSR count). The van der Waals surface area contributed by atoms with E-state index < -0.39 is 30.7 Å². The number of carbonyl (C=O) groups excluding carboxylic acids is 1. The fourth-order valence-corrected chi connectivity index (χ4v) is 1.45. The molecule has 1 amide bonds. The molecule has 1 aromatic carbocycles. The van der Waals surface area contributed by atoms with E-state index in [1.54, 1.807) is 0 Å². The summed E-state index contributed by atoms with van der Waals surface area (Å²) >= 11 is 0. The summed E-state index contributed by atoms with van der Waals surface area (Å²) in [5.41, 5.74) is 0.0849. The number of benzene rings is 1. The van der Waals surface area contributed by atoms with Crippen LogP contribution in [0.3, 0.4) is 0 Å².